The lowest BCUT2D eigenvalue weighted by Crippen LogP contribution is -2.44. The predicted octanol–water partition coefficient (Wildman–Crippen LogP) is -0.417. The standard InChI is InChI=1S/C13H17NO6S/c1-3-9(15)14-5-10(16)19-12-7-4-8-11(6(7)2)20-21(17,18)13(8)12/h3,6-8,11-13H,1,4-5H2,2H3,(H,14,15). The second-order valence-corrected chi connectivity index (χ2v) is 7.54. The summed E-state index contributed by atoms with van der Waals surface area (Å²) in [7, 11) is -3.68. The maximum Gasteiger partial charge on any atom is 0.325 e. The van der Waals surface area contributed by atoms with Gasteiger partial charge in [0.05, 0.1) is 6.10 Å². The van der Waals surface area contributed by atoms with Crippen molar-refractivity contribution >= 4 is 22.0 Å². The Labute approximate surface area is 122 Å². The average molecular weight is 315 g/mol. The van der Waals surface area contributed by atoms with Crippen molar-refractivity contribution in [3.8, 4) is 0 Å². The van der Waals surface area contributed by atoms with E-state index in [9.17, 15) is 18.0 Å². The fourth-order valence-electron chi connectivity index (χ4n) is 3.87. The molecular weight excluding hydrogens is 298 g/mol. The molecule has 2 saturated carbocycles. The number of hydrogen-bond donors (Lipinski definition) is 1. The van der Waals surface area contributed by atoms with Gasteiger partial charge in [-0.1, -0.05) is 13.5 Å². The number of esters is 1. The van der Waals surface area contributed by atoms with Gasteiger partial charge < -0.3 is 10.1 Å². The summed E-state index contributed by atoms with van der Waals surface area (Å²) in [6.45, 7) is 4.89. The number of nitrogens with one attached hydrogen (secondary N) is 1. The molecule has 1 N–H and O–H groups in total. The van der Waals surface area contributed by atoms with Gasteiger partial charge in [-0.2, -0.15) is 8.42 Å². The number of ether oxygens (including phenoxy) is 1. The first-order valence-electron chi connectivity index (χ1n) is 6.87. The highest BCUT2D eigenvalue weighted by atomic mass is 32.2. The van der Waals surface area contributed by atoms with Crippen LogP contribution in [0.5, 0.6) is 0 Å². The van der Waals surface area contributed by atoms with Crippen molar-refractivity contribution in [2.24, 2.45) is 17.8 Å². The largest absolute Gasteiger partial charge is 0.459 e. The van der Waals surface area contributed by atoms with E-state index >= 15 is 0 Å². The summed E-state index contributed by atoms with van der Waals surface area (Å²) in [5.74, 6) is -1.17. The molecule has 6 atom stereocenters. The van der Waals surface area contributed by atoms with Gasteiger partial charge in [-0.3, -0.25) is 13.8 Å². The molecule has 0 aromatic heterocycles. The average Bonchev–Trinajstić information content (AvgIpc) is 3.00. The summed E-state index contributed by atoms with van der Waals surface area (Å²) in [6.07, 6.45) is 0.793. The third-order valence-corrected chi connectivity index (χ3v) is 6.54. The van der Waals surface area contributed by atoms with Crippen molar-refractivity contribution < 1.29 is 26.9 Å². The molecule has 1 amide bonds. The van der Waals surface area contributed by atoms with Crippen LogP contribution in [0.2, 0.25) is 0 Å². The summed E-state index contributed by atoms with van der Waals surface area (Å²) in [4.78, 5) is 22.8. The van der Waals surface area contributed by atoms with Crippen LogP contribution in [0, 0.1) is 17.8 Å². The minimum atomic E-state index is -3.68. The Bertz CT molecular complexity index is 600. The monoisotopic (exact) mass is 315 g/mol. The highest BCUT2D eigenvalue weighted by Crippen LogP contribution is 2.58. The molecular formula is C13H17NO6S. The van der Waals surface area contributed by atoms with Gasteiger partial charge >= 0.3 is 5.97 Å². The SMILES string of the molecule is C=CC(=O)NCC(=O)OC1C2CC3C(OS(=O)(=O)C31)C2C. The first-order chi connectivity index (χ1) is 9.85. The summed E-state index contributed by atoms with van der Waals surface area (Å²) < 4.78 is 34.6. The fraction of sp³-hybridized carbons (Fsp3) is 0.692. The van der Waals surface area contributed by atoms with Gasteiger partial charge in [-0.15, -0.1) is 0 Å². The molecule has 7 nitrogen and oxygen atoms in total. The molecule has 2 aliphatic carbocycles. The number of carbonyl (C=O) groups is 2. The Hall–Kier alpha value is -1.41. The summed E-state index contributed by atoms with van der Waals surface area (Å²) in [6, 6.07) is 0. The second-order valence-electron chi connectivity index (χ2n) is 5.82. The zero-order chi connectivity index (χ0) is 15.4. The van der Waals surface area contributed by atoms with Crippen LogP contribution in [0.4, 0.5) is 0 Å². The lowest BCUT2D eigenvalue weighted by atomic mass is 9.85. The number of rotatable bonds is 4. The minimum absolute atomic E-state index is 0.00123. The molecule has 3 aliphatic rings. The van der Waals surface area contributed by atoms with Crippen LogP contribution < -0.4 is 5.32 Å². The van der Waals surface area contributed by atoms with E-state index in [-0.39, 0.29) is 30.4 Å². The van der Waals surface area contributed by atoms with Crippen molar-refractivity contribution in [3.05, 3.63) is 12.7 Å². The van der Waals surface area contributed by atoms with Crippen LogP contribution >= 0.6 is 0 Å². The van der Waals surface area contributed by atoms with E-state index in [4.69, 9.17) is 8.92 Å². The van der Waals surface area contributed by atoms with Gasteiger partial charge in [-0.05, 0) is 18.4 Å². The molecule has 1 saturated heterocycles. The minimum Gasteiger partial charge on any atom is -0.459 e. The summed E-state index contributed by atoms with van der Waals surface area (Å²) in [5, 5.41) is 1.55. The van der Waals surface area contributed by atoms with Crippen molar-refractivity contribution in [2.45, 2.75) is 30.8 Å². The lowest BCUT2D eigenvalue weighted by Gasteiger charge is -2.29. The molecule has 0 radical (unpaired) electrons. The first-order valence-corrected chi connectivity index (χ1v) is 8.34. The topological polar surface area (TPSA) is 98.8 Å². The molecule has 6 unspecified atom stereocenters. The van der Waals surface area contributed by atoms with E-state index < -0.39 is 33.3 Å². The molecule has 1 heterocycles. The van der Waals surface area contributed by atoms with Crippen LogP contribution in [0.3, 0.4) is 0 Å². The molecule has 3 fully saturated rings. The molecule has 116 valence electrons. The second kappa shape index (κ2) is 4.81. The van der Waals surface area contributed by atoms with Crippen molar-refractivity contribution in [1.82, 2.24) is 5.32 Å². The summed E-state index contributed by atoms with van der Waals surface area (Å²) in [5.41, 5.74) is 0. The van der Waals surface area contributed by atoms with E-state index in [1.807, 2.05) is 6.92 Å². The van der Waals surface area contributed by atoms with E-state index in [1.165, 1.54) is 0 Å². The molecule has 21 heavy (non-hydrogen) atoms. The van der Waals surface area contributed by atoms with Gasteiger partial charge in [0.15, 0.2) is 0 Å². The molecule has 8 heteroatoms. The fourth-order valence-corrected chi connectivity index (χ4v) is 5.91. The summed E-state index contributed by atoms with van der Waals surface area (Å²) >= 11 is 0. The van der Waals surface area contributed by atoms with Gasteiger partial charge in [0.2, 0.25) is 5.91 Å². The Balaban J connectivity index is 1.70. The molecule has 1 aliphatic heterocycles. The maximum absolute atomic E-state index is 12.0. The zero-order valence-electron chi connectivity index (χ0n) is 11.5. The number of fused-ring (bicyclic) bond motifs is 1. The van der Waals surface area contributed by atoms with Crippen molar-refractivity contribution in [1.29, 1.82) is 0 Å². The van der Waals surface area contributed by atoms with E-state index in [0.717, 1.165) is 6.08 Å². The molecule has 0 aromatic carbocycles. The lowest BCUT2D eigenvalue weighted by molar-refractivity contribution is -0.152. The zero-order valence-corrected chi connectivity index (χ0v) is 12.3. The first kappa shape index (κ1) is 14.5. The highest BCUT2D eigenvalue weighted by molar-refractivity contribution is 7.87. The third kappa shape index (κ3) is 2.17. The molecule has 2 bridgehead atoms. The third-order valence-electron chi connectivity index (χ3n) is 4.77. The Morgan fingerprint density at radius 3 is 2.81 bits per heavy atom. The van der Waals surface area contributed by atoms with Gasteiger partial charge in [0, 0.05) is 11.8 Å². The smallest absolute Gasteiger partial charge is 0.325 e. The molecule has 3 rings (SSSR count). The van der Waals surface area contributed by atoms with Crippen LogP contribution in [-0.2, 0) is 28.6 Å². The van der Waals surface area contributed by atoms with Gasteiger partial charge in [0.1, 0.15) is 17.9 Å². The maximum atomic E-state index is 12.0. The van der Waals surface area contributed by atoms with Gasteiger partial charge in [-0.25, -0.2) is 0 Å². The quantitative estimate of drug-likeness (QED) is 0.430. The normalized spacial score (nSPS) is 41.8. The number of amides is 1. The Morgan fingerprint density at radius 1 is 1.43 bits per heavy atom. The number of hydrogen-bond acceptors (Lipinski definition) is 6. The molecule has 0 spiro atoms. The Morgan fingerprint density at radius 2 is 2.14 bits per heavy atom. The van der Waals surface area contributed by atoms with E-state index in [1.54, 1.807) is 0 Å². The van der Waals surface area contributed by atoms with E-state index in [2.05, 4.69) is 11.9 Å². The van der Waals surface area contributed by atoms with Gasteiger partial charge in [0.25, 0.3) is 10.1 Å². The van der Waals surface area contributed by atoms with Crippen LogP contribution in [0.1, 0.15) is 13.3 Å². The van der Waals surface area contributed by atoms with Crippen molar-refractivity contribution in [3.63, 3.8) is 0 Å². The van der Waals surface area contributed by atoms with Crippen LogP contribution in [-0.4, -0.2) is 44.3 Å². The Kier molecular flexibility index (Phi) is 3.32. The van der Waals surface area contributed by atoms with Crippen LogP contribution in [0.15, 0.2) is 12.7 Å². The van der Waals surface area contributed by atoms with Crippen molar-refractivity contribution in [2.75, 3.05) is 6.54 Å². The highest BCUT2D eigenvalue weighted by Gasteiger charge is 2.68. The predicted molar refractivity (Wildman–Crippen MR) is 71.4 cm³/mol. The number of carbonyl (C=O) groups excluding carboxylic acids is 2. The van der Waals surface area contributed by atoms with Crippen LogP contribution in [0.25, 0.3) is 0 Å². The molecule has 0 aromatic rings. The van der Waals surface area contributed by atoms with E-state index in [0.29, 0.717) is 6.42 Å².